The maximum absolute atomic E-state index is 11.9. The third-order valence-corrected chi connectivity index (χ3v) is 4.05. The Kier molecular flexibility index (Phi) is 6.10. The van der Waals surface area contributed by atoms with Gasteiger partial charge in [0, 0.05) is 11.8 Å². The van der Waals surface area contributed by atoms with Crippen molar-refractivity contribution in [3.8, 4) is 5.75 Å². The monoisotopic (exact) mass is 358 g/mol. The summed E-state index contributed by atoms with van der Waals surface area (Å²) in [6, 6.07) is 12.8. The number of sulfonamides is 1. The molecule has 0 aliphatic carbocycles. The second-order valence-corrected chi connectivity index (χ2v) is 6.62. The molecule has 0 saturated carbocycles. The molecule has 6 nitrogen and oxygen atoms in total. The fraction of sp³-hybridized carbons (Fsp3) is 0.0556. The van der Waals surface area contributed by atoms with Crippen molar-refractivity contribution >= 4 is 27.7 Å². The number of ether oxygens (including phenoxy) is 1. The first-order chi connectivity index (χ1) is 11.9. The predicted octanol–water partition coefficient (Wildman–Crippen LogP) is 2.55. The van der Waals surface area contributed by atoms with Crippen LogP contribution < -0.4 is 15.2 Å². The van der Waals surface area contributed by atoms with Crippen molar-refractivity contribution in [2.75, 3.05) is 11.9 Å². The van der Waals surface area contributed by atoms with Crippen LogP contribution in [0.25, 0.3) is 6.08 Å². The lowest BCUT2D eigenvalue weighted by Gasteiger charge is -2.04. The summed E-state index contributed by atoms with van der Waals surface area (Å²) in [4.78, 5) is 11.9. The quantitative estimate of drug-likeness (QED) is 0.587. The molecule has 3 N–H and O–H groups in total. The zero-order valence-corrected chi connectivity index (χ0v) is 14.2. The number of hydrogen-bond donors (Lipinski definition) is 2. The van der Waals surface area contributed by atoms with Crippen molar-refractivity contribution in [3.63, 3.8) is 0 Å². The van der Waals surface area contributed by atoms with Gasteiger partial charge in [0.2, 0.25) is 15.9 Å². The highest BCUT2D eigenvalue weighted by Gasteiger charge is 2.07. The van der Waals surface area contributed by atoms with E-state index >= 15 is 0 Å². The van der Waals surface area contributed by atoms with E-state index in [-0.39, 0.29) is 10.8 Å². The lowest BCUT2D eigenvalue weighted by Crippen LogP contribution is -2.12. The number of anilines is 1. The Morgan fingerprint density at radius 3 is 2.32 bits per heavy atom. The molecule has 130 valence electrons. The molecule has 7 heteroatoms. The molecule has 0 fully saturated rings. The first kappa shape index (κ1) is 18.4. The van der Waals surface area contributed by atoms with E-state index in [2.05, 4.69) is 11.9 Å². The van der Waals surface area contributed by atoms with Crippen molar-refractivity contribution in [2.24, 2.45) is 5.14 Å². The number of carbonyl (C=O) groups is 1. The summed E-state index contributed by atoms with van der Waals surface area (Å²) in [6.45, 7) is 4.01. The molecule has 0 atom stereocenters. The number of hydrogen-bond acceptors (Lipinski definition) is 4. The van der Waals surface area contributed by atoms with Gasteiger partial charge in [0.15, 0.2) is 0 Å². The van der Waals surface area contributed by atoms with Gasteiger partial charge in [-0.15, -0.1) is 0 Å². The van der Waals surface area contributed by atoms with Crippen LogP contribution in [0.15, 0.2) is 72.2 Å². The third kappa shape index (κ3) is 5.91. The Morgan fingerprint density at radius 1 is 1.12 bits per heavy atom. The smallest absolute Gasteiger partial charge is 0.248 e. The van der Waals surface area contributed by atoms with E-state index in [1.807, 2.05) is 12.1 Å². The molecule has 0 unspecified atom stereocenters. The zero-order valence-electron chi connectivity index (χ0n) is 13.4. The van der Waals surface area contributed by atoms with Crippen LogP contribution in [-0.2, 0) is 14.8 Å². The maximum atomic E-state index is 11.9. The number of nitrogens with one attached hydrogen (secondary N) is 1. The van der Waals surface area contributed by atoms with Gasteiger partial charge in [0.1, 0.15) is 12.4 Å². The molecule has 2 aromatic rings. The van der Waals surface area contributed by atoms with Crippen LogP contribution in [-0.4, -0.2) is 20.9 Å². The van der Waals surface area contributed by atoms with Gasteiger partial charge in [-0.3, -0.25) is 4.79 Å². The number of primary sulfonamides is 1. The van der Waals surface area contributed by atoms with E-state index in [0.29, 0.717) is 12.3 Å². The van der Waals surface area contributed by atoms with Gasteiger partial charge in [-0.1, -0.05) is 24.8 Å². The van der Waals surface area contributed by atoms with Crippen molar-refractivity contribution in [2.45, 2.75) is 4.90 Å². The first-order valence-corrected chi connectivity index (χ1v) is 8.89. The highest BCUT2D eigenvalue weighted by molar-refractivity contribution is 7.89. The molecule has 0 bridgehead atoms. The minimum absolute atomic E-state index is 0.0141. The summed E-state index contributed by atoms with van der Waals surface area (Å²) < 4.78 is 27.7. The minimum atomic E-state index is -3.75. The van der Waals surface area contributed by atoms with Gasteiger partial charge in [-0.25, -0.2) is 13.6 Å². The second kappa shape index (κ2) is 8.27. The molecular weight excluding hydrogens is 340 g/mol. The van der Waals surface area contributed by atoms with Gasteiger partial charge in [-0.2, -0.15) is 0 Å². The van der Waals surface area contributed by atoms with Gasteiger partial charge in [0.05, 0.1) is 4.90 Å². The first-order valence-electron chi connectivity index (χ1n) is 7.34. The fourth-order valence-corrected chi connectivity index (χ4v) is 2.43. The Balaban J connectivity index is 1.95. The molecule has 0 heterocycles. The van der Waals surface area contributed by atoms with E-state index in [4.69, 9.17) is 9.88 Å². The van der Waals surface area contributed by atoms with Crippen molar-refractivity contribution < 1.29 is 17.9 Å². The summed E-state index contributed by atoms with van der Waals surface area (Å²) in [5.74, 6) is 0.381. The van der Waals surface area contributed by atoms with Gasteiger partial charge < -0.3 is 10.1 Å². The summed E-state index contributed by atoms with van der Waals surface area (Å²) >= 11 is 0. The van der Waals surface area contributed by atoms with E-state index in [1.165, 1.54) is 30.3 Å². The number of nitrogens with two attached hydrogens (primary N) is 1. The molecular formula is C18H18N2O4S. The van der Waals surface area contributed by atoms with Crippen molar-refractivity contribution in [1.29, 1.82) is 0 Å². The second-order valence-electron chi connectivity index (χ2n) is 5.06. The standard InChI is InChI=1S/C18H18N2O4S/c1-2-13-24-16-8-3-14(4-9-16)5-12-18(21)20-15-6-10-17(11-7-15)25(19,22)23/h2-12H,1,13H2,(H,20,21)(H2,19,22,23)/b12-5+. The van der Waals surface area contributed by atoms with E-state index in [1.54, 1.807) is 24.3 Å². The molecule has 0 radical (unpaired) electrons. The Bertz CT molecular complexity index is 870. The molecule has 0 aliphatic heterocycles. The molecule has 1 amide bonds. The molecule has 0 aliphatic rings. The largest absolute Gasteiger partial charge is 0.490 e. The Labute approximate surface area is 146 Å². The van der Waals surface area contributed by atoms with Crippen LogP contribution in [0, 0.1) is 0 Å². The summed E-state index contributed by atoms with van der Waals surface area (Å²) in [5, 5.41) is 7.65. The topological polar surface area (TPSA) is 98.5 Å². The van der Waals surface area contributed by atoms with E-state index in [0.717, 1.165) is 11.3 Å². The van der Waals surface area contributed by atoms with Gasteiger partial charge >= 0.3 is 0 Å². The Hall–Kier alpha value is -2.90. The van der Waals surface area contributed by atoms with Crippen molar-refractivity contribution in [3.05, 3.63) is 72.8 Å². The molecule has 25 heavy (non-hydrogen) atoms. The number of amides is 1. The molecule has 2 rings (SSSR count). The third-order valence-electron chi connectivity index (χ3n) is 3.13. The van der Waals surface area contributed by atoms with Gasteiger partial charge in [0.25, 0.3) is 0 Å². The van der Waals surface area contributed by atoms with Crippen LogP contribution in [0.3, 0.4) is 0 Å². The van der Waals surface area contributed by atoms with Gasteiger partial charge in [-0.05, 0) is 48.0 Å². The van der Waals surface area contributed by atoms with Crippen LogP contribution in [0.4, 0.5) is 5.69 Å². The fourth-order valence-electron chi connectivity index (χ4n) is 1.91. The van der Waals surface area contributed by atoms with E-state index < -0.39 is 10.0 Å². The van der Waals surface area contributed by atoms with Crippen LogP contribution >= 0.6 is 0 Å². The highest BCUT2D eigenvalue weighted by Crippen LogP contribution is 2.14. The van der Waals surface area contributed by atoms with Crippen LogP contribution in [0.1, 0.15) is 5.56 Å². The van der Waals surface area contributed by atoms with Crippen LogP contribution in [0.5, 0.6) is 5.75 Å². The Morgan fingerprint density at radius 2 is 1.76 bits per heavy atom. The predicted molar refractivity (Wildman–Crippen MR) is 97.6 cm³/mol. The lowest BCUT2D eigenvalue weighted by atomic mass is 10.2. The van der Waals surface area contributed by atoms with E-state index in [9.17, 15) is 13.2 Å². The summed E-state index contributed by atoms with van der Waals surface area (Å²) in [7, 11) is -3.75. The normalized spacial score (nSPS) is 11.2. The molecule has 0 spiro atoms. The number of rotatable bonds is 7. The highest BCUT2D eigenvalue weighted by atomic mass is 32.2. The maximum Gasteiger partial charge on any atom is 0.248 e. The molecule has 0 saturated heterocycles. The SMILES string of the molecule is C=CCOc1ccc(/C=C/C(=O)Nc2ccc(S(N)(=O)=O)cc2)cc1. The minimum Gasteiger partial charge on any atom is -0.490 e. The van der Waals surface area contributed by atoms with Crippen LogP contribution in [0.2, 0.25) is 0 Å². The molecule has 0 aromatic heterocycles. The lowest BCUT2D eigenvalue weighted by molar-refractivity contribution is -0.111. The average molecular weight is 358 g/mol. The number of carbonyl (C=O) groups excluding carboxylic acids is 1. The molecule has 2 aromatic carbocycles. The summed E-state index contributed by atoms with van der Waals surface area (Å²) in [5.41, 5.74) is 1.31. The average Bonchev–Trinajstić information content (AvgIpc) is 2.59. The number of benzene rings is 2. The zero-order chi connectivity index (χ0) is 18.3. The summed E-state index contributed by atoms with van der Waals surface area (Å²) in [6.07, 6.45) is 4.70. The van der Waals surface area contributed by atoms with Crippen molar-refractivity contribution in [1.82, 2.24) is 0 Å².